The average molecular weight is 365 g/mol. The molecule has 138 valence electrons. The summed E-state index contributed by atoms with van der Waals surface area (Å²) in [4.78, 5) is 24.9. The van der Waals surface area contributed by atoms with Crippen LogP contribution in [0.1, 0.15) is 12.0 Å². The molecule has 7 nitrogen and oxygen atoms in total. The van der Waals surface area contributed by atoms with E-state index in [1.807, 2.05) is 6.07 Å². The van der Waals surface area contributed by atoms with Gasteiger partial charge in [0.25, 0.3) is 0 Å². The van der Waals surface area contributed by atoms with Crippen molar-refractivity contribution in [3.63, 3.8) is 0 Å². The molecule has 1 fully saturated rings. The smallest absolute Gasteiger partial charge is 0.228 e. The number of rotatable bonds is 6. The van der Waals surface area contributed by atoms with Gasteiger partial charge in [-0.05, 0) is 30.7 Å². The average Bonchev–Trinajstić information content (AvgIpc) is 3.49. The van der Waals surface area contributed by atoms with Crippen LogP contribution >= 0.6 is 0 Å². The zero-order valence-corrected chi connectivity index (χ0v) is 15.0. The van der Waals surface area contributed by atoms with Gasteiger partial charge < -0.3 is 20.1 Å². The van der Waals surface area contributed by atoms with Crippen molar-refractivity contribution in [1.29, 1.82) is 5.26 Å². The summed E-state index contributed by atoms with van der Waals surface area (Å²) in [6, 6.07) is 13.9. The number of ether oxygens (including phenoxy) is 2. The molecule has 0 aromatic heterocycles. The summed E-state index contributed by atoms with van der Waals surface area (Å²) in [6.07, 6.45) is 0.457. The zero-order chi connectivity index (χ0) is 19.4. The summed E-state index contributed by atoms with van der Waals surface area (Å²) >= 11 is 0. The van der Waals surface area contributed by atoms with Crippen molar-refractivity contribution in [2.45, 2.75) is 6.42 Å². The van der Waals surface area contributed by atoms with Gasteiger partial charge in [-0.25, -0.2) is 0 Å². The summed E-state index contributed by atoms with van der Waals surface area (Å²) in [6.45, 7) is 0. The van der Waals surface area contributed by atoms with E-state index in [4.69, 9.17) is 14.7 Å². The SMILES string of the molecule is COc1ccc(OC)c(NC(=O)C2CC2C(=O)Nc2ccccc2C#N)c1. The molecule has 1 aliphatic carbocycles. The van der Waals surface area contributed by atoms with Crippen LogP contribution in [0, 0.1) is 23.2 Å². The highest BCUT2D eigenvalue weighted by Gasteiger charge is 2.48. The van der Waals surface area contributed by atoms with Gasteiger partial charge in [-0.2, -0.15) is 5.26 Å². The Morgan fingerprint density at radius 3 is 2.30 bits per heavy atom. The molecule has 2 atom stereocenters. The van der Waals surface area contributed by atoms with Crippen molar-refractivity contribution in [3.8, 4) is 17.6 Å². The molecule has 7 heteroatoms. The number of carbonyl (C=O) groups excluding carboxylic acids is 2. The van der Waals surface area contributed by atoms with Gasteiger partial charge in [0, 0.05) is 6.07 Å². The van der Waals surface area contributed by atoms with Crippen LogP contribution in [0.3, 0.4) is 0 Å². The molecule has 0 aliphatic heterocycles. The molecule has 1 aliphatic rings. The molecule has 2 unspecified atom stereocenters. The Kier molecular flexibility index (Phi) is 5.27. The highest BCUT2D eigenvalue weighted by atomic mass is 16.5. The highest BCUT2D eigenvalue weighted by molar-refractivity contribution is 6.04. The minimum absolute atomic E-state index is 0.254. The topological polar surface area (TPSA) is 100 Å². The second kappa shape index (κ2) is 7.79. The van der Waals surface area contributed by atoms with Crippen LogP contribution in [0.4, 0.5) is 11.4 Å². The fourth-order valence-electron chi connectivity index (χ4n) is 2.83. The first-order chi connectivity index (χ1) is 13.1. The molecule has 2 aromatic carbocycles. The zero-order valence-electron chi connectivity index (χ0n) is 15.0. The summed E-state index contributed by atoms with van der Waals surface area (Å²) < 4.78 is 10.4. The molecule has 27 heavy (non-hydrogen) atoms. The third-order valence-corrected chi connectivity index (χ3v) is 4.43. The Hall–Kier alpha value is -3.53. The fourth-order valence-corrected chi connectivity index (χ4v) is 2.83. The lowest BCUT2D eigenvalue weighted by atomic mass is 10.2. The first-order valence-corrected chi connectivity index (χ1v) is 8.40. The van der Waals surface area contributed by atoms with Crippen molar-refractivity contribution >= 4 is 23.2 Å². The molecule has 0 spiro atoms. The van der Waals surface area contributed by atoms with E-state index in [1.54, 1.807) is 42.5 Å². The van der Waals surface area contributed by atoms with E-state index in [0.717, 1.165) is 0 Å². The van der Waals surface area contributed by atoms with Crippen molar-refractivity contribution < 1.29 is 19.1 Å². The number of benzene rings is 2. The molecule has 0 saturated heterocycles. The lowest BCUT2D eigenvalue weighted by Crippen LogP contribution is -2.21. The maximum Gasteiger partial charge on any atom is 0.228 e. The highest BCUT2D eigenvalue weighted by Crippen LogP contribution is 2.41. The van der Waals surface area contributed by atoms with Crippen LogP contribution in [0.15, 0.2) is 42.5 Å². The van der Waals surface area contributed by atoms with Crippen LogP contribution in [0.25, 0.3) is 0 Å². The van der Waals surface area contributed by atoms with Gasteiger partial charge in [-0.15, -0.1) is 0 Å². The van der Waals surface area contributed by atoms with Crippen LogP contribution in [0.5, 0.6) is 11.5 Å². The summed E-state index contributed by atoms with van der Waals surface area (Å²) in [5.41, 5.74) is 1.32. The van der Waals surface area contributed by atoms with E-state index in [-0.39, 0.29) is 11.8 Å². The Morgan fingerprint density at radius 1 is 1.00 bits per heavy atom. The molecule has 0 heterocycles. The number of hydrogen-bond donors (Lipinski definition) is 2. The fraction of sp³-hybridized carbons (Fsp3) is 0.250. The summed E-state index contributed by atoms with van der Waals surface area (Å²) in [7, 11) is 3.05. The number of methoxy groups -OCH3 is 2. The number of anilines is 2. The predicted octanol–water partition coefficient (Wildman–Crippen LogP) is 2.79. The molecule has 0 radical (unpaired) electrons. The molecule has 1 saturated carbocycles. The van der Waals surface area contributed by atoms with Gasteiger partial charge in [-0.1, -0.05) is 12.1 Å². The second-order valence-electron chi connectivity index (χ2n) is 6.15. The minimum atomic E-state index is -0.423. The van der Waals surface area contributed by atoms with E-state index < -0.39 is 11.8 Å². The monoisotopic (exact) mass is 365 g/mol. The van der Waals surface area contributed by atoms with E-state index in [2.05, 4.69) is 10.6 Å². The number of carbonyl (C=O) groups is 2. The van der Waals surface area contributed by atoms with Gasteiger partial charge in [0.15, 0.2) is 0 Å². The molecule has 2 amide bonds. The largest absolute Gasteiger partial charge is 0.497 e. The van der Waals surface area contributed by atoms with E-state index in [1.165, 1.54) is 14.2 Å². The van der Waals surface area contributed by atoms with Gasteiger partial charge in [0.1, 0.15) is 17.6 Å². The van der Waals surface area contributed by atoms with Crippen LogP contribution in [0.2, 0.25) is 0 Å². The number of para-hydroxylation sites is 1. The van der Waals surface area contributed by atoms with Gasteiger partial charge >= 0.3 is 0 Å². The molecule has 0 bridgehead atoms. The van der Waals surface area contributed by atoms with Crippen LogP contribution in [-0.4, -0.2) is 26.0 Å². The van der Waals surface area contributed by atoms with Crippen molar-refractivity contribution in [2.24, 2.45) is 11.8 Å². The predicted molar refractivity (Wildman–Crippen MR) is 99.6 cm³/mol. The number of amides is 2. The van der Waals surface area contributed by atoms with E-state index >= 15 is 0 Å². The maximum absolute atomic E-state index is 12.5. The Bertz CT molecular complexity index is 920. The number of hydrogen-bond acceptors (Lipinski definition) is 5. The van der Waals surface area contributed by atoms with Crippen molar-refractivity contribution in [3.05, 3.63) is 48.0 Å². The lowest BCUT2D eigenvalue weighted by Gasteiger charge is -2.12. The summed E-state index contributed by atoms with van der Waals surface area (Å²) in [5, 5.41) is 14.6. The maximum atomic E-state index is 12.5. The van der Waals surface area contributed by atoms with Crippen molar-refractivity contribution in [2.75, 3.05) is 24.9 Å². The van der Waals surface area contributed by atoms with Crippen molar-refractivity contribution in [1.82, 2.24) is 0 Å². The first-order valence-electron chi connectivity index (χ1n) is 8.40. The van der Waals surface area contributed by atoms with Crippen LogP contribution < -0.4 is 20.1 Å². The molecular formula is C20H19N3O4. The Balaban J connectivity index is 1.64. The molecular weight excluding hydrogens is 346 g/mol. The standard InChI is InChI=1S/C20H19N3O4/c1-26-13-7-8-18(27-2)17(9-13)23-20(25)15-10-14(15)19(24)22-16-6-4-3-5-12(16)11-21/h3-9,14-15H,10H2,1-2H3,(H,22,24)(H,23,25). The third-order valence-electron chi connectivity index (χ3n) is 4.43. The number of nitrogens with one attached hydrogen (secondary N) is 2. The minimum Gasteiger partial charge on any atom is -0.497 e. The molecule has 3 rings (SSSR count). The quantitative estimate of drug-likeness (QED) is 0.820. The first kappa shape index (κ1) is 18.3. The van der Waals surface area contributed by atoms with E-state index in [9.17, 15) is 9.59 Å². The Morgan fingerprint density at radius 2 is 1.67 bits per heavy atom. The number of nitriles is 1. The molecule has 2 aromatic rings. The van der Waals surface area contributed by atoms with E-state index in [0.29, 0.717) is 34.9 Å². The van der Waals surface area contributed by atoms with Gasteiger partial charge in [0.05, 0.1) is 43.0 Å². The molecule has 2 N–H and O–H groups in total. The second-order valence-corrected chi connectivity index (χ2v) is 6.15. The normalized spacial score (nSPS) is 17.4. The van der Waals surface area contributed by atoms with Gasteiger partial charge in [0.2, 0.25) is 11.8 Å². The van der Waals surface area contributed by atoms with Crippen LogP contribution in [-0.2, 0) is 9.59 Å². The summed E-state index contributed by atoms with van der Waals surface area (Å²) in [5.74, 6) is -0.271. The van der Waals surface area contributed by atoms with Gasteiger partial charge in [-0.3, -0.25) is 9.59 Å². The Labute approximate surface area is 156 Å². The number of nitrogens with zero attached hydrogens (tertiary/aromatic N) is 1. The lowest BCUT2D eigenvalue weighted by molar-refractivity contribution is -0.122. The third kappa shape index (κ3) is 4.01.